The maximum absolute atomic E-state index is 3.73. The zero-order valence-electron chi connectivity index (χ0n) is 10.3. The Morgan fingerprint density at radius 3 is 2.53 bits per heavy atom. The van der Waals surface area contributed by atoms with Gasteiger partial charge in [0.1, 0.15) is 0 Å². The Hall–Kier alpha value is -0.0800. The summed E-state index contributed by atoms with van der Waals surface area (Å²) in [5.74, 6) is 0.937. The SMILES string of the molecule is CCN(CC)[C@@H]1CCN[C@H]2CCCC[C@H]21. The molecule has 0 aromatic heterocycles. The maximum Gasteiger partial charge on any atom is 0.0150 e. The standard InChI is InChI=1S/C13H26N2/c1-3-15(4-2)13-9-10-14-12-8-6-5-7-11(12)13/h11-14H,3-10H2,1-2H3/t11-,12+,13-/m1/s1. The fourth-order valence-corrected chi connectivity index (χ4v) is 3.65. The van der Waals surface area contributed by atoms with Crippen molar-refractivity contribution in [3.05, 3.63) is 0 Å². The summed E-state index contributed by atoms with van der Waals surface area (Å²) >= 11 is 0. The molecule has 0 aromatic rings. The predicted octanol–water partition coefficient (Wildman–Crippen LogP) is 2.25. The minimum Gasteiger partial charge on any atom is -0.314 e. The van der Waals surface area contributed by atoms with Crippen molar-refractivity contribution in [1.29, 1.82) is 0 Å². The van der Waals surface area contributed by atoms with E-state index in [1.807, 2.05) is 0 Å². The Balaban J connectivity index is 2.02. The van der Waals surface area contributed by atoms with Gasteiger partial charge in [0.05, 0.1) is 0 Å². The van der Waals surface area contributed by atoms with Gasteiger partial charge in [-0.1, -0.05) is 26.7 Å². The second kappa shape index (κ2) is 5.31. The number of hydrogen-bond acceptors (Lipinski definition) is 2. The molecular weight excluding hydrogens is 184 g/mol. The van der Waals surface area contributed by atoms with Crippen LogP contribution in [0.5, 0.6) is 0 Å². The van der Waals surface area contributed by atoms with Crippen LogP contribution in [0.25, 0.3) is 0 Å². The fourth-order valence-electron chi connectivity index (χ4n) is 3.65. The largest absolute Gasteiger partial charge is 0.314 e. The maximum atomic E-state index is 3.73. The molecule has 2 rings (SSSR count). The van der Waals surface area contributed by atoms with Gasteiger partial charge in [0.2, 0.25) is 0 Å². The molecule has 0 radical (unpaired) electrons. The summed E-state index contributed by atoms with van der Waals surface area (Å²) in [7, 11) is 0. The Kier molecular flexibility index (Phi) is 4.04. The van der Waals surface area contributed by atoms with Gasteiger partial charge < -0.3 is 10.2 Å². The van der Waals surface area contributed by atoms with Gasteiger partial charge in [-0.25, -0.2) is 0 Å². The van der Waals surface area contributed by atoms with E-state index < -0.39 is 0 Å². The van der Waals surface area contributed by atoms with Crippen molar-refractivity contribution in [2.45, 2.75) is 58.0 Å². The third-order valence-corrected chi connectivity index (χ3v) is 4.44. The molecule has 2 fully saturated rings. The Morgan fingerprint density at radius 1 is 1.07 bits per heavy atom. The van der Waals surface area contributed by atoms with Crippen LogP contribution in [0.1, 0.15) is 46.0 Å². The smallest absolute Gasteiger partial charge is 0.0150 e. The molecule has 0 spiro atoms. The monoisotopic (exact) mass is 210 g/mol. The molecule has 0 aromatic carbocycles. The summed E-state index contributed by atoms with van der Waals surface area (Å²) in [5, 5.41) is 3.73. The van der Waals surface area contributed by atoms with Gasteiger partial charge in [0, 0.05) is 12.1 Å². The van der Waals surface area contributed by atoms with Crippen LogP contribution in [-0.4, -0.2) is 36.6 Å². The molecule has 1 saturated carbocycles. The van der Waals surface area contributed by atoms with Crippen molar-refractivity contribution < 1.29 is 0 Å². The summed E-state index contributed by atoms with van der Waals surface area (Å²) in [6, 6.07) is 1.70. The molecule has 0 bridgehead atoms. The lowest BCUT2D eigenvalue weighted by atomic mass is 9.76. The number of rotatable bonds is 3. The minimum atomic E-state index is 0.832. The highest BCUT2D eigenvalue weighted by atomic mass is 15.2. The zero-order chi connectivity index (χ0) is 10.7. The molecule has 1 aliphatic heterocycles. The molecule has 1 aliphatic carbocycles. The van der Waals surface area contributed by atoms with E-state index in [2.05, 4.69) is 24.1 Å². The van der Waals surface area contributed by atoms with E-state index in [0.29, 0.717) is 0 Å². The average Bonchev–Trinajstić information content (AvgIpc) is 2.31. The van der Waals surface area contributed by atoms with Crippen molar-refractivity contribution in [2.75, 3.05) is 19.6 Å². The van der Waals surface area contributed by atoms with Crippen LogP contribution >= 0.6 is 0 Å². The molecular formula is C13H26N2. The third kappa shape index (κ3) is 2.36. The number of nitrogens with one attached hydrogen (secondary N) is 1. The van der Waals surface area contributed by atoms with Crippen molar-refractivity contribution >= 4 is 0 Å². The van der Waals surface area contributed by atoms with Crippen molar-refractivity contribution in [2.24, 2.45) is 5.92 Å². The van der Waals surface area contributed by atoms with E-state index >= 15 is 0 Å². The number of hydrogen-bond donors (Lipinski definition) is 1. The lowest BCUT2D eigenvalue weighted by Crippen LogP contribution is -2.55. The second-order valence-electron chi connectivity index (χ2n) is 5.09. The predicted molar refractivity (Wildman–Crippen MR) is 65.1 cm³/mol. The first-order valence-electron chi connectivity index (χ1n) is 6.84. The summed E-state index contributed by atoms with van der Waals surface area (Å²) in [6.45, 7) is 8.31. The van der Waals surface area contributed by atoms with Gasteiger partial charge in [-0.05, 0) is 44.8 Å². The molecule has 2 aliphatic rings. The summed E-state index contributed by atoms with van der Waals surface area (Å²) in [6.07, 6.45) is 7.14. The van der Waals surface area contributed by atoms with Crippen molar-refractivity contribution in [3.8, 4) is 0 Å². The fraction of sp³-hybridized carbons (Fsp3) is 1.00. The quantitative estimate of drug-likeness (QED) is 0.768. The van der Waals surface area contributed by atoms with Gasteiger partial charge in [-0.2, -0.15) is 0 Å². The highest BCUT2D eigenvalue weighted by Crippen LogP contribution is 2.33. The van der Waals surface area contributed by atoms with E-state index in [-0.39, 0.29) is 0 Å². The van der Waals surface area contributed by atoms with E-state index in [1.54, 1.807) is 0 Å². The molecule has 1 saturated heterocycles. The van der Waals surface area contributed by atoms with Gasteiger partial charge in [0.25, 0.3) is 0 Å². The first-order valence-corrected chi connectivity index (χ1v) is 6.84. The van der Waals surface area contributed by atoms with Gasteiger partial charge in [-0.3, -0.25) is 0 Å². The molecule has 2 heteroatoms. The van der Waals surface area contributed by atoms with Crippen LogP contribution in [0.2, 0.25) is 0 Å². The topological polar surface area (TPSA) is 15.3 Å². The van der Waals surface area contributed by atoms with Gasteiger partial charge in [0.15, 0.2) is 0 Å². The van der Waals surface area contributed by atoms with Crippen LogP contribution in [0, 0.1) is 5.92 Å². The number of nitrogens with zero attached hydrogens (tertiary/aromatic N) is 1. The summed E-state index contributed by atoms with van der Waals surface area (Å²) in [5.41, 5.74) is 0. The van der Waals surface area contributed by atoms with Crippen molar-refractivity contribution in [1.82, 2.24) is 10.2 Å². The molecule has 1 N–H and O–H groups in total. The Bertz CT molecular complexity index is 187. The van der Waals surface area contributed by atoms with Crippen LogP contribution in [0.4, 0.5) is 0 Å². The van der Waals surface area contributed by atoms with Gasteiger partial charge >= 0.3 is 0 Å². The average molecular weight is 210 g/mol. The molecule has 88 valence electrons. The molecule has 3 atom stereocenters. The normalized spacial score (nSPS) is 36.6. The van der Waals surface area contributed by atoms with E-state index in [0.717, 1.165) is 18.0 Å². The lowest BCUT2D eigenvalue weighted by Gasteiger charge is -2.46. The third-order valence-electron chi connectivity index (χ3n) is 4.44. The Morgan fingerprint density at radius 2 is 1.80 bits per heavy atom. The van der Waals surface area contributed by atoms with E-state index in [4.69, 9.17) is 0 Å². The van der Waals surface area contributed by atoms with Crippen LogP contribution in [-0.2, 0) is 0 Å². The molecule has 0 amide bonds. The first kappa shape index (κ1) is 11.4. The zero-order valence-corrected chi connectivity index (χ0v) is 10.3. The molecule has 0 unspecified atom stereocenters. The van der Waals surface area contributed by atoms with Gasteiger partial charge in [-0.15, -0.1) is 0 Å². The lowest BCUT2D eigenvalue weighted by molar-refractivity contribution is 0.0697. The summed E-state index contributed by atoms with van der Waals surface area (Å²) in [4.78, 5) is 2.68. The highest BCUT2D eigenvalue weighted by molar-refractivity contribution is 4.94. The first-order chi connectivity index (χ1) is 7.36. The van der Waals surface area contributed by atoms with Crippen LogP contribution in [0.15, 0.2) is 0 Å². The number of piperidine rings is 1. The highest BCUT2D eigenvalue weighted by Gasteiger charge is 2.36. The van der Waals surface area contributed by atoms with Crippen molar-refractivity contribution in [3.63, 3.8) is 0 Å². The Labute approximate surface area is 94.4 Å². The van der Waals surface area contributed by atoms with E-state index in [9.17, 15) is 0 Å². The second-order valence-corrected chi connectivity index (χ2v) is 5.09. The molecule has 2 nitrogen and oxygen atoms in total. The van der Waals surface area contributed by atoms with Crippen LogP contribution in [0.3, 0.4) is 0 Å². The molecule has 1 heterocycles. The van der Waals surface area contributed by atoms with E-state index in [1.165, 1.54) is 51.7 Å². The number of fused-ring (bicyclic) bond motifs is 1. The summed E-state index contributed by atoms with van der Waals surface area (Å²) < 4.78 is 0. The minimum absolute atomic E-state index is 0.832. The molecule has 15 heavy (non-hydrogen) atoms. The van der Waals surface area contributed by atoms with Crippen LogP contribution < -0.4 is 5.32 Å².